The van der Waals surface area contributed by atoms with Gasteiger partial charge in [-0.05, 0) is 32.6 Å². The van der Waals surface area contributed by atoms with Gasteiger partial charge in [0.2, 0.25) is 0 Å². The maximum absolute atomic E-state index is 12.5. The Kier molecular flexibility index (Phi) is 4.47. The van der Waals surface area contributed by atoms with Crippen LogP contribution in [-0.4, -0.2) is 53.8 Å². The highest BCUT2D eigenvalue weighted by Crippen LogP contribution is 2.26. The van der Waals surface area contributed by atoms with Crippen LogP contribution in [0.2, 0.25) is 0 Å². The zero-order valence-corrected chi connectivity index (χ0v) is 12.1. The van der Waals surface area contributed by atoms with E-state index in [4.69, 9.17) is 5.11 Å². The van der Waals surface area contributed by atoms with Crippen LogP contribution in [0.25, 0.3) is 0 Å². The van der Waals surface area contributed by atoms with Gasteiger partial charge in [0.25, 0.3) is 10.2 Å². The third-order valence-corrected chi connectivity index (χ3v) is 6.32. The SMILES string of the molecule is CC1CCCCN1S(=O)(=O)N1CCC(C(=O)O)CC1. The predicted octanol–water partition coefficient (Wildman–Crippen LogP) is 0.902. The predicted molar refractivity (Wildman–Crippen MR) is 70.9 cm³/mol. The fourth-order valence-corrected chi connectivity index (χ4v) is 4.79. The van der Waals surface area contributed by atoms with E-state index in [1.807, 2.05) is 6.92 Å². The Hall–Kier alpha value is -0.660. The molecule has 2 rings (SSSR count). The van der Waals surface area contributed by atoms with Gasteiger partial charge >= 0.3 is 5.97 Å². The number of hydrogen-bond donors (Lipinski definition) is 1. The first-order chi connectivity index (χ1) is 8.93. The number of carboxylic acids is 1. The summed E-state index contributed by atoms with van der Waals surface area (Å²) < 4.78 is 28.1. The van der Waals surface area contributed by atoms with E-state index in [2.05, 4.69) is 0 Å². The van der Waals surface area contributed by atoms with Crippen molar-refractivity contribution in [3.05, 3.63) is 0 Å². The van der Waals surface area contributed by atoms with Gasteiger partial charge in [-0.25, -0.2) is 0 Å². The zero-order valence-electron chi connectivity index (χ0n) is 11.3. The first-order valence-corrected chi connectivity index (χ1v) is 8.32. The van der Waals surface area contributed by atoms with Gasteiger partial charge in [0, 0.05) is 25.7 Å². The molecule has 0 aromatic rings. The van der Waals surface area contributed by atoms with E-state index < -0.39 is 22.1 Å². The van der Waals surface area contributed by atoms with E-state index in [0.717, 1.165) is 19.3 Å². The lowest BCUT2D eigenvalue weighted by atomic mass is 9.99. The Morgan fingerprint density at radius 2 is 1.74 bits per heavy atom. The van der Waals surface area contributed by atoms with Gasteiger partial charge < -0.3 is 5.11 Å². The van der Waals surface area contributed by atoms with Crippen molar-refractivity contribution >= 4 is 16.2 Å². The highest BCUT2D eigenvalue weighted by molar-refractivity contribution is 7.86. The number of piperidine rings is 2. The van der Waals surface area contributed by atoms with Crippen LogP contribution >= 0.6 is 0 Å². The summed E-state index contributed by atoms with van der Waals surface area (Å²) >= 11 is 0. The summed E-state index contributed by atoms with van der Waals surface area (Å²) in [5.41, 5.74) is 0. The van der Waals surface area contributed by atoms with Gasteiger partial charge in [-0.15, -0.1) is 0 Å². The molecule has 0 aliphatic carbocycles. The quantitative estimate of drug-likeness (QED) is 0.838. The third kappa shape index (κ3) is 3.09. The molecule has 2 fully saturated rings. The monoisotopic (exact) mass is 290 g/mol. The highest BCUT2D eigenvalue weighted by atomic mass is 32.2. The van der Waals surface area contributed by atoms with Crippen molar-refractivity contribution in [3.8, 4) is 0 Å². The smallest absolute Gasteiger partial charge is 0.306 e. The van der Waals surface area contributed by atoms with Crippen LogP contribution in [0.1, 0.15) is 39.0 Å². The molecule has 0 aromatic heterocycles. The second-order valence-electron chi connectivity index (χ2n) is 5.47. The molecule has 0 bridgehead atoms. The van der Waals surface area contributed by atoms with E-state index in [0.29, 0.717) is 32.5 Å². The number of rotatable bonds is 3. The Balaban J connectivity index is 2.03. The molecule has 0 saturated carbocycles. The number of aliphatic carboxylic acids is 1. The molecule has 0 aromatic carbocycles. The molecule has 0 radical (unpaired) electrons. The average Bonchev–Trinajstić information content (AvgIpc) is 2.39. The second kappa shape index (κ2) is 5.76. The summed E-state index contributed by atoms with van der Waals surface area (Å²) in [6.07, 6.45) is 3.72. The van der Waals surface area contributed by atoms with Crippen molar-refractivity contribution in [2.24, 2.45) is 5.92 Å². The summed E-state index contributed by atoms with van der Waals surface area (Å²) in [4.78, 5) is 10.9. The van der Waals surface area contributed by atoms with Gasteiger partial charge in [-0.3, -0.25) is 4.79 Å². The Bertz CT molecular complexity index is 429. The minimum atomic E-state index is -3.41. The Labute approximate surface area is 114 Å². The average molecular weight is 290 g/mol. The minimum absolute atomic E-state index is 0.0518. The number of carboxylic acid groups (broad SMARTS) is 1. The summed E-state index contributed by atoms with van der Waals surface area (Å²) in [5, 5.41) is 8.94. The van der Waals surface area contributed by atoms with Crippen molar-refractivity contribution in [3.63, 3.8) is 0 Å². The molecule has 0 spiro atoms. The molecule has 6 nitrogen and oxygen atoms in total. The van der Waals surface area contributed by atoms with E-state index in [1.165, 1.54) is 4.31 Å². The summed E-state index contributed by atoms with van der Waals surface area (Å²) in [7, 11) is -3.41. The van der Waals surface area contributed by atoms with Gasteiger partial charge in [0.1, 0.15) is 0 Å². The van der Waals surface area contributed by atoms with Gasteiger partial charge in [0.15, 0.2) is 0 Å². The van der Waals surface area contributed by atoms with Gasteiger partial charge in [-0.1, -0.05) is 6.42 Å². The van der Waals surface area contributed by atoms with E-state index in [1.54, 1.807) is 4.31 Å². The van der Waals surface area contributed by atoms with Crippen molar-refractivity contribution in [2.75, 3.05) is 19.6 Å². The first kappa shape index (κ1) is 14.7. The van der Waals surface area contributed by atoms with Crippen LogP contribution in [0.3, 0.4) is 0 Å². The number of hydrogen-bond acceptors (Lipinski definition) is 3. The Morgan fingerprint density at radius 3 is 2.26 bits per heavy atom. The van der Waals surface area contributed by atoms with Crippen LogP contribution in [0.15, 0.2) is 0 Å². The van der Waals surface area contributed by atoms with Crippen LogP contribution in [-0.2, 0) is 15.0 Å². The third-order valence-electron chi connectivity index (χ3n) is 4.17. The molecule has 0 amide bonds. The molecule has 110 valence electrons. The largest absolute Gasteiger partial charge is 0.481 e. The standard InChI is InChI=1S/C12H22N2O4S/c1-10-4-2-3-7-14(10)19(17,18)13-8-5-11(6-9-13)12(15)16/h10-11H,2-9H2,1H3,(H,15,16). The lowest BCUT2D eigenvalue weighted by Crippen LogP contribution is -2.52. The van der Waals surface area contributed by atoms with Crippen molar-refractivity contribution in [2.45, 2.75) is 45.1 Å². The lowest BCUT2D eigenvalue weighted by molar-refractivity contribution is -0.142. The van der Waals surface area contributed by atoms with Crippen molar-refractivity contribution in [1.82, 2.24) is 8.61 Å². The fraction of sp³-hybridized carbons (Fsp3) is 0.917. The summed E-state index contributed by atoms with van der Waals surface area (Å²) in [6.45, 7) is 3.17. The molecular formula is C12H22N2O4S. The molecule has 19 heavy (non-hydrogen) atoms. The molecule has 1 atom stereocenters. The molecular weight excluding hydrogens is 268 g/mol. The molecule has 1 unspecified atom stereocenters. The zero-order chi connectivity index (χ0) is 14.0. The molecule has 2 heterocycles. The van der Waals surface area contributed by atoms with Crippen molar-refractivity contribution in [1.29, 1.82) is 0 Å². The number of carbonyl (C=O) groups is 1. The van der Waals surface area contributed by atoms with E-state index >= 15 is 0 Å². The maximum atomic E-state index is 12.5. The second-order valence-corrected chi connectivity index (χ2v) is 7.36. The molecule has 2 aliphatic heterocycles. The van der Waals surface area contributed by atoms with Gasteiger partial charge in [0.05, 0.1) is 5.92 Å². The topological polar surface area (TPSA) is 77.9 Å². The van der Waals surface area contributed by atoms with E-state index in [-0.39, 0.29) is 6.04 Å². The van der Waals surface area contributed by atoms with Crippen LogP contribution in [0.5, 0.6) is 0 Å². The summed E-state index contributed by atoms with van der Waals surface area (Å²) in [6, 6.07) is 0.0518. The van der Waals surface area contributed by atoms with Crippen LogP contribution in [0, 0.1) is 5.92 Å². The van der Waals surface area contributed by atoms with E-state index in [9.17, 15) is 13.2 Å². The summed E-state index contributed by atoms with van der Waals surface area (Å²) in [5.74, 6) is -1.21. The molecule has 2 saturated heterocycles. The normalized spacial score (nSPS) is 28.4. The minimum Gasteiger partial charge on any atom is -0.481 e. The first-order valence-electron chi connectivity index (χ1n) is 6.92. The molecule has 7 heteroatoms. The van der Waals surface area contributed by atoms with Crippen LogP contribution < -0.4 is 0 Å². The fourth-order valence-electron chi connectivity index (χ4n) is 2.90. The highest BCUT2D eigenvalue weighted by Gasteiger charge is 2.37. The molecule has 2 aliphatic rings. The Morgan fingerprint density at radius 1 is 1.11 bits per heavy atom. The van der Waals surface area contributed by atoms with Gasteiger partial charge in [-0.2, -0.15) is 17.0 Å². The molecule has 1 N–H and O–H groups in total. The maximum Gasteiger partial charge on any atom is 0.306 e. The van der Waals surface area contributed by atoms with Crippen molar-refractivity contribution < 1.29 is 18.3 Å². The lowest BCUT2D eigenvalue weighted by Gasteiger charge is -2.38. The van der Waals surface area contributed by atoms with Crippen LogP contribution in [0.4, 0.5) is 0 Å². The number of nitrogens with zero attached hydrogens (tertiary/aromatic N) is 2.